The molecule has 1 aromatic carbocycles. The van der Waals surface area contributed by atoms with E-state index in [0.717, 1.165) is 0 Å². The van der Waals surface area contributed by atoms with Gasteiger partial charge in [-0.1, -0.05) is 18.2 Å². The van der Waals surface area contributed by atoms with Crippen LogP contribution in [0.1, 0.15) is 24.9 Å². The van der Waals surface area contributed by atoms with Crippen molar-refractivity contribution in [2.24, 2.45) is 5.73 Å². The zero-order chi connectivity index (χ0) is 10.8. The fraction of sp³-hybridized carbons (Fsp3) is 0.385. The lowest BCUT2D eigenvalue weighted by molar-refractivity contribution is 0.504. The molecule has 1 aromatic heterocycles. The van der Waals surface area contributed by atoms with E-state index in [2.05, 4.69) is 47.7 Å². The molecule has 2 N–H and O–H groups in total. The van der Waals surface area contributed by atoms with Gasteiger partial charge in [0.05, 0.1) is 5.52 Å². The molecule has 0 saturated heterocycles. The minimum atomic E-state index is 0.674. The second-order valence-electron chi connectivity index (χ2n) is 3.97. The molecule has 1 aliphatic rings. The first kappa shape index (κ1) is 10.2. The molecule has 80 valence electrons. The third kappa shape index (κ3) is 1.55. The summed E-state index contributed by atoms with van der Waals surface area (Å²) in [5.41, 5.74) is 7.47. The fourth-order valence-electron chi connectivity index (χ4n) is 2.37. The van der Waals surface area contributed by atoms with Crippen LogP contribution in [0, 0.1) is 0 Å². The molecule has 1 aliphatic heterocycles. The Bertz CT molecular complexity index is 457. The second-order valence-corrected chi connectivity index (χ2v) is 3.97. The fourth-order valence-corrected chi connectivity index (χ4v) is 2.37. The molecule has 2 heteroatoms. The van der Waals surface area contributed by atoms with Gasteiger partial charge < -0.3 is 10.3 Å². The Morgan fingerprint density at radius 2 is 2.07 bits per heavy atom. The normalized spacial score (nSPS) is 18.5. The third-order valence-corrected chi connectivity index (χ3v) is 3.13. The highest BCUT2D eigenvalue weighted by molar-refractivity contribution is 5.84. The summed E-state index contributed by atoms with van der Waals surface area (Å²) >= 11 is 0. The van der Waals surface area contributed by atoms with Gasteiger partial charge in [-0.3, -0.25) is 0 Å². The molecule has 1 unspecified atom stereocenters. The van der Waals surface area contributed by atoms with Crippen LogP contribution < -0.4 is 5.73 Å². The van der Waals surface area contributed by atoms with Crippen molar-refractivity contribution in [2.75, 3.05) is 7.05 Å². The molecule has 0 spiro atoms. The van der Waals surface area contributed by atoms with E-state index in [1.807, 2.05) is 0 Å². The molecule has 15 heavy (non-hydrogen) atoms. The zero-order valence-electron chi connectivity index (χ0n) is 9.40. The molecule has 0 amide bonds. The Hall–Kier alpha value is -1.28. The van der Waals surface area contributed by atoms with E-state index in [0.29, 0.717) is 6.04 Å². The van der Waals surface area contributed by atoms with E-state index in [4.69, 9.17) is 0 Å². The number of hydrogen-bond donors (Lipinski definition) is 1. The largest absolute Gasteiger partial charge is 0.344 e. The van der Waals surface area contributed by atoms with Crippen LogP contribution in [0.4, 0.5) is 0 Å². The molecule has 2 nitrogen and oxygen atoms in total. The first-order chi connectivity index (χ1) is 7.36. The van der Waals surface area contributed by atoms with Crippen molar-refractivity contribution in [1.29, 1.82) is 0 Å². The SMILES string of the molecule is CC1CCc2cccc3ccn1c23.CN. The molecule has 2 heterocycles. The lowest BCUT2D eigenvalue weighted by atomic mass is 10.00. The Morgan fingerprint density at radius 3 is 2.87 bits per heavy atom. The number of para-hydroxylation sites is 1. The molecule has 3 rings (SSSR count). The van der Waals surface area contributed by atoms with Gasteiger partial charge in [-0.05, 0) is 43.8 Å². The van der Waals surface area contributed by atoms with Crippen molar-refractivity contribution in [2.45, 2.75) is 25.8 Å². The molecular weight excluding hydrogens is 184 g/mol. The monoisotopic (exact) mass is 202 g/mol. The summed E-state index contributed by atoms with van der Waals surface area (Å²) in [6.07, 6.45) is 4.74. The van der Waals surface area contributed by atoms with Crippen molar-refractivity contribution >= 4 is 10.9 Å². The summed E-state index contributed by atoms with van der Waals surface area (Å²) in [4.78, 5) is 0. The zero-order valence-corrected chi connectivity index (χ0v) is 9.40. The molecular formula is C13H18N2. The summed E-state index contributed by atoms with van der Waals surface area (Å²) in [5.74, 6) is 0. The molecule has 2 aromatic rings. The van der Waals surface area contributed by atoms with Gasteiger partial charge in [0.25, 0.3) is 0 Å². The van der Waals surface area contributed by atoms with Crippen LogP contribution in [0.5, 0.6) is 0 Å². The summed E-state index contributed by atoms with van der Waals surface area (Å²) < 4.78 is 2.41. The Morgan fingerprint density at radius 1 is 1.27 bits per heavy atom. The van der Waals surface area contributed by atoms with Crippen LogP contribution in [-0.4, -0.2) is 11.6 Å². The van der Waals surface area contributed by atoms with Crippen molar-refractivity contribution in [3.05, 3.63) is 36.0 Å². The van der Waals surface area contributed by atoms with Crippen LogP contribution in [0.15, 0.2) is 30.5 Å². The highest BCUT2D eigenvalue weighted by Crippen LogP contribution is 2.31. The first-order valence-corrected chi connectivity index (χ1v) is 5.52. The van der Waals surface area contributed by atoms with Gasteiger partial charge in [0.2, 0.25) is 0 Å². The van der Waals surface area contributed by atoms with Gasteiger partial charge in [-0.15, -0.1) is 0 Å². The van der Waals surface area contributed by atoms with Gasteiger partial charge >= 0.3 is 0 Å². The van der Waals surface area contributed by atoms with Gasteiger partial charge in [0.15, 0.2) is 0 Å². The molecule has 0 saturated carbocycles. The summed E-state index contributed by atoms with van der Waals surface area (Å²) in [7, 11) is 1.50. The van der Waals surface area contributed by atoms with Crippen LogP contribution in [0.2, 0.25) is 0 Å². The lowest BCUT2D eigenvalue weighted by Gasteiger charge is -2.22. The topological polar surface area (TPSA) is 30.9 Å². The van der Waals surface area contributed by atoms with Gasteiger partial charge in [0, 0.05) is 12.2 Å². The van der Waals surface area contributed by atoms with Crippen LogP contribution >= 0.6 is 0 Å². The molecule has 0 aliphatic carbocycles. The van der Waals surface area contributed by atoms with Gasteiger partial charge in [0.1, 0.15) is 0 Å². The minimum Gasteiger partial charge on any atom is -0.344 e. The van der Waals surface area contributed by atoms with Crippen LogP contribution in [0.3, 0.4) is 0 Å². The lowest BCUT2D eigenvalue weighted by Crippen LogP contribution is -2.11. The second kappa shape index (κ2) is 4.07. The average Bonchev–Trinajstić information content (AvgIpc) is 2.73. The van der Waals surface area contributed by atoms with E-state index in [1.165, 1.54) is 36.4 Å². The van der Waals surface area contributed by atoms with E-state index in [-0.39, 0.29) is 0 Å². The smallest absolute Gasteiger partial charge is 0.0515 e. The highest BCUT2D eigenvalue weighted by atomic mass is 15.0. The predicted octanol–water partition coefficient (Wildman–Crippen LogP) is 2.72. The van der Waals surface area contributed by atoms with E-state index in [9.17, 15) is 0 Å². The minimum absolute atomic E-state index is 0.674. The summed E-state index contributed by atoms with van der Waals surface area (Å²) in [6.45, 7) is 2.30. The van der Waals surface area contributed by atoms with Crippen molar-refractivity contribution < 1.29 is 0 Å². The van der Waals surface area contributed by atoms with E-state index in [1.54, 1.807) is 0 Å². The third-order valence-electron chi connectivity index (χ3n) is 3.13. The Labute approximate surface area is 90.7 Å². The van der Waals surface area contributed by atoms with E-state index >= 15 is 0 Å². The van der Waals surface area contributed by atoms with Crippen LogP contribution in [0.25, 0.3) is 10.9 Å². The number of hydrogen-bond acceptors (Lipinski definition) is 1. The van der Waals surface area contributed by atoms with Crippen molar-refractivity contribution in [1.82, 2.24) is 4.57 Å². The Balaban J connectivity index is 0.000000404. The molecule has 0 bridgehead atoms. The van der Waals surface area contributed by atoms with Crippen molar-refractivity contribution in [3.8, 4) is 0 Å². The summed E-state index contributed by atoms with van der Waals surface area (Å²) in [5, 5.41) is 1.39. The van der Waals surface area contributed by atoms with Crippen molar-refractivity contribution in [3.63, 3.8) is 0 Å². The number of rotatable bonds is 0. The number of aromatic nitrogens is 1. The highest BCUT2D eigenvalue weighted by Gasteiger charge is 2.16. The molecule has 0 radical (unpaired) electrons. The predicted molar refractivity (Wildman–Crippen MR) is 65.1 cm³/mol. The molecule has 0 fully saturated rings. The summed E-state index contributed by atoms with van der Waals surface area (Å²) in [6, 6.07) is 9.52. The Kier molecular flexibility index (Phi) is 2.78. The van der Waals surface area contributed by atoms with Gasteiger partial charge in [-0.2, -0.15) is 0 Å². The maximum absolute atomic E-state index is 4.50. The maximum Gasteiger partial charge on any atom is 0.0515 e. The maximum atomic E-state index is 4.50. The molecule has 1 atom stereocenters. The number of aryl methyl sites for hydroxylation is 1. The van der Waals surface area contributed by atoms with Crippen LogP contribution in [-0.2, 0) is 6.42 Å². The standard InChI is InChI=1S/C12H13N.CH5N/c1-9-5-6-10-3-2-4-11-7-8-13(9)12(10)11;1-2/h2-4,7-9H,5-6H2,1H3;2H2,1H3. The first-order valence-electron chi connectivity index (χ1n) is 5.52. The number of benzene rings is 1. The number of nitrogens with zero attached hydrogens (tertiary/aromatic N) is 1. The van der Waals surface area contributed by atoms with Gasteiger partial charge in [-0.25, -0.2) is 0 Å². The number of nitrogens with two attached hydrogens (primary N) is 1. The quantitative estimate of drug-likeness (QED) is 0.699. The van der Waals surface area contributed by atoms with E-state index < -0.39 is 0 Å². The average molecular weight is 202 g/mol.